The third-order valence-electron chi connectivity index (χ3n) is 4.80. The number of pyridine rings is 1. The van der Waals surface area contributed by atoms with Crippen molar-refractivity contribution in [2.45, 2.75) is 46.6 Å². The molecular weight excluding hydrogens is 354 g/mol. The fraction of sp³-hybridized carbons (Fsp3) is 0.333. The summed E-state index contributed by atoms with van der Waals surface area (Å²) in [5, 5.41) is 7.62. The van der Waals surface area contributed by atoms with E-state index >= 15 is 0 Å². The Morgan fingerprint density at radius 3 is 2.79 bits per heavy atom. The first-order valence-corrected chi connectivity index (χ1v) is 9.53. The van der Waals surface area contributed by atoms with Gasteiger partial charge in [-0.1, -0.05) is 38.1 Å². The topological polar surface area (TPSA) is 85.8 Å². The Bertz CT molecular complexity index is 1170. The zero-order chi connectivity index (χ0) is 19.8. The number of hydrogen-bond donors (Lipinski definition) is 1. The maximum Gasteiger partial charge on any atom is 0.259 e. The van der Waals surface area contributed by atoms with Crippen molar-refractivity contribution in [3.05, 3.63) is 47.3 Å². The first kappa shape index (κ1) is 18.2. The van der Waals surface area contributed by atoms with Gasteiger partial charge in [0.1, 0.15) is 0 Å². The molecule has 0 unspecified atom stereocenters. The van der Waals surface area contributed by atoms with E-state index in [-0.39, 0.29) is 11.8 Å². The predicted octanol–water partition coefficient (Wildman–Crippen LogP) is 4.67. The molecule has 0 aliphatic carbocycles. The SMILES string of the molecule is CCCn1c(NC(=O)c2cc(C(C)C)nc3onc(C)c23)nc2ccccc21. The molecule has 3 aromatic heterocycles. The second kappa shape index (κ2) is 7.07. The first-order valence-electron chi connectivity index (χ1n) is 9.53. The molecule has 0 aliphatic rings. The maximum absolute atomic E-state index is 13.2. The van der Waals surface area contributed by atoms with Gasteiger partial charge in [0, 0.05) is 12.2 Å². The van der Waals surface area contributed by atoms with E-state index in [1.807, 2.05) is 55.7 Å². The van der Waals surface area contributed by atoms with Crippen LogP contribution < -0.4 is 5.32 Å². The number of carbonyl (C=O) groups excluding carboxylic acids is 1. The van der Waals surface area contributed by atoms with Crippen molar-refractivity contribution >= 4 is 34.0 Å². The minimum absolute atomic E-state index is 0.158. The molecule has 0 saturated carbocycles. The van der Waals surface area contributed by atoms with Crippen molar-refractivity contribution < 1.29 is 9.32 Å². The summed E-state index contributed by atoms with van der Waals surface area (Å²) in [4.78, 5) is 22.3. The molecule has 0 aliphatic heterocycles. The number of aromatic nitrogens is 4. The summed E-state index contributed by atoms with van der Waals surface area (Å²) in [6, 6.07) is 9.70. The van der Waals surface area contributed by atoms with Crippen LogP contribution in [0, 0.1) is 6.92 Å². The molecule has 1 aromatic carbocycles. The summed E-state index contributed by atoms with van der Waals surface area (Å²) in [6.07, 6.45) is 0.935. The summed E-state index contributed by atoms with van der Waals surface area (Å²) in [5.74, 6) is 0.456. The molecule has 4 aromatic rings. The lowest BCUT2D eigenvalue weighted by atomic mass is 10.0. The Hall–Kier alpha value is -3.22. The lowest BCUT2D eigenvalue weighted by Gasteiger charge is -2.11. The number of anilines is 1. The van der Waals surface area contributed by atoms with Gasteiger partial charge in [0.2, 0.25) is 5.95 Å². The van der Waals surface area contributed by atoms with Gasteiger partial charge in [0.05, 0.1) is 27.7 Å². The molecule has 7 heteroatoms. The molecule has 0 fully saturated rings. The summed E-state index contributed by atoms with van der Waals surface area (Å²) < 4.78 is 7.37. The van der Waals surface area contributed by atoms with Crippen molar-refractivity contribution in [2.24, 2.45) is 0 Å². The predicted molar refractivity (Wildman–Crippen MR) is 109 cm³/mol. The smallest absolute Gasteiger partial charge is 0.259 e. The number of imidazole rings is 1. The van der Waals surface area contributed by atoms with Crippen LogP contribution in [-0.2, 0) is 6.54 Å². The van der Waals surface area contributed by atoms with Crippen molar-refractivity contribution in [3.63, 3.8) is 0 Å². The number of para-hydroxylation sites is 2. The number of carbonyl (C=O) groups is 1. The van der Waals surface area contributed by atoms with Gasteiger partial charge in [0.15, 0.2) is 0 Å². The Morgan fingerprint density at radius 2 is 2.04 bits per heavy atom. The molecule has 0 atom stereocenters. The number of nitrogens with one attached hydrogen (secondary N) is 1. The molecule has 1 N–H and O–H groups in total. The third-order valence-corrected chi connectivity index (χ3v) is 4.80. The summed E-state index contributed by atoms with van der Waals surface area (Å²) >= 11 is 0. The summed E-state index contributed by atoms with van der Waals surface area (Å²) in [6.45, 7) is 8.73. The molecule has 4 rings (SSSR count). The third kappa shape index (κ3) is 3.02. The Morgan fingerprint density at radius 1 is 1.25 bits per heavy atom. The standard InChI is InChI=1S/C21H23N5O2/c1-5-10-26-17-9-7-6-8-15(17)23-21(26)24-19(27)14-11-16(12(2)3)22-20-18(14)13(4)25-28-20/h6-9,11-12H,5,10H2,1-4H3,(H,23,24,27). The van der Waals surface area contributed by atoms with E-state index in [4.69, 9.17) is 4.52 Å². The van der Waals surface area contributed by atoms with Crippen LogP contribution in [0.5, 0.6) is 0 Å². The molecule has 0 radical (unpaired) electrons. The Balaban J connectivity index is 1.80. The molecule has 0 saturated heterocycles. The van der Waals surface area contributed by atoms with Crippen molar-refractivity contribution in [2.75, 3.05) is 5.32 Å². The van der Waals surface area contributed by atoms with Crippen LogP contribution in [0.25, 0.3) is 22.1 Å². The average Bonchev–Trinajstić information content (AvgIpc) is 3.22. The number of amides is 1. The molecule has 3 heterocycles. The van der Waals surface area contributed by atoms with Crippen molar-refractivity contribution in [3.8, 4) is 0 Å². The van der Waals surface area contributed by atoms with Gasteiger partial charge in [-0.05, 0) is 37.5 Å². The molecule has 28 heavy (non-hydrogen) atoms. The monoisotopic (exact) mass is 377 g/mol. The molecule has 144 valence electrons. The minimum atomic E-state index is -0.242. The second-order valence-electron chi connectivity index (χ2n) is 7.23. The van der Waals surface area contributed by atoms with Crippen LogP contribution in [0.2, 0.25) is 0 Å². The van der Waals surface area contributed by atoms with E-state index in [0.29, 0.717) is 28.3 Å². The van der Waals surface area contributed by atoms with Gasteiger partial charge >= 0.3 is 0 Å². The average molecular weight is 377 g/mol. The van der Waals surface area contributed by atoms with E-state index in [1.165, 1.54) is 0 Å². The van der Waals surface area contributed by atoms with Crippen LogP contribution in [0.1, 0.15) is 54.9 Å². The fourth-order valence-corrected chi connectivity index (χ4v) is 3.38. The number of fused-ring (bicyclic) bond motifs is 2. The lowest BCUT2D eigenvalue weighted by Crippen LogP contribution is -2.17. The number of nitrogens with zero attached hydrogens (tertiary/aromatic N) is 4. The number of benzene rings is 1. The highest BCUT2D eigenvalue weighted by Crippen LogP contribution is 2.27. The van der Waals surface area contributed by atoms with Crippen molar-refractivity contribution in [1.29, 1.82) is 0 Å². The van der Waals surface area contributed by atoms with Crippen molar-refractivity contribution in [1.82, 2.24) is 19.7 Å². The van der Waals surface area contributed by atoms with Crippen LogP contribution in [-0.4, -0.2) is 25.6 Å². The first-order chi connectivity index (χ1) is 13.5. The van der Waals surface area contributed by atoms with E-state index in [2.05, 4.69) is 27.4 Å². The summed E-state index contributed by atoms with van der Waals surface area (Å²) in [5.41, 5.74) is 4.18. The highest BCUT2D eigenvalue weighted by Gasteiger charge is 2.21. The van der Waals surface area contributed by atoms with Gasteiger partial charge in [-0.25, -0.2) is 9.97 Å². The van der Waals surface area contributed by atoms with Gasteiger partial charge in [-0.15, -0.1) is 0 Å². The highest BCUT2D eigenvalue weighted by molar-refractivity contribution is 6.12. The highest BCUT2D eigenvalue weighted by atomic mass is 16.5. The number of hydrogen-bond acceptors (Lipinski definition) is 5. The maximum atomic E-state index is 13.2. The fourth-order valence-electron chi connectivity index (χ4n) is 3.38. The molecule has 7 nitrogen and oxygen atoms in total. The lowest BCUT2D eigenvalue weighted by molar-refractivity contribution is 0.102. The molecule has 0 spiro atoms. The zero-order valence-electron chi connectivity index (χ0n) is 16.5. The zero-order valence-corrected chi connectivity index (χ0v) is 16.5. The van der Waals surface area contributed by atoms with E-state index in [1.54, 1.807) is 0 Å². The Labute approximate surface area is 162 Å². The van der Waals surface area contributed by atoms with Gasteiger partial charge < -0.3 is 9.09 Å². The van der Waals surface area contributed by atoms with E-state index in [0.717, 1.165) is 29.7 Å². The molecule has 0 bridgehead atoms. The van der Waals surface area contributed by atoms with Gasteiger partial charge in [-0.3, -0.25) is 10.1 Å². The van der Waals surface area contributed by atoms with Crippen LogP contribution in [0.4, 0.5) is 5.95 Å². The minimum Gasteiger partial charge on any atom is -0.336 e. The largest absolute Gasteiger partial charge is 0.336 e. The number of rotatable bonds is 5. The summed E-state index contributed by atoms with van der Waals surface area (Å²) in [7, 11) is 0. The van der Waals surface area contributed by atoms with Gasteiger partial charge in [0.25, 0.3) is 11.6 Å². The van der Waals surface area contributed by atoms with E-state index < -0.39 is 0 Å². The quantitative estimate of drug-likeness (QED) is 0.546. The van der Waals surface area contributed by atoms with Gasteiger partial charge in [-0.2, -0.15) is 0 Å². The van der Waals surface area contributed by atoms with Crippen LogP contribution >= 0.6 is 0 Å². The second-order valence-corrected chi connectivity index (χ2v) is 7.23. The van der Waals surface area contributed by atoms with E-state index in [9.17, 15) is 4.79 Å². The molecule has 1 amide bonds. The van der Waals surface area contributed by atoms with Crippen LogP contribution in [0.3, 0.4) is 0 Å². The Kier molecular flexibility index (Phi) is 4.58. The molecular formula is C21H23N5O2. The number of aryl methyl sites for hydroxylation is 2. The van der Waals surface area contributed by atoms with Crippen LogP contribution in [0.15, 0.2) is 34.9 Å². The normalized spacial score (nSPS) is 11.6.